The Bertz CT molecular complexity index is 529. The van der Waals surface area contributed by atoms with E-state index in [4.69, 9.17) is 4.74 Å². The van der Waals surface area contributed by atoms with E-state index in [1.54, 1.807) is 12.1 Å². The number of unbranched alkanes of at least 4 members (excludes halogenated alkanes) is 1. The number of carbonyl (C=O) groups excluding carboxylic acids is 1. The Kier molecular flexibility index (Phi) is 14.0. The van der Waals surface area contributed by atoms with Gasteiger partial charge in [0, 0.05) is 32.0 Å². The van der Waals surface area contributed by atoms with Crippen molar-refractivity contribution in [3.05, 3.63) is 30.1 Å². The summed E-state index contributed by atoms with van der Waals surface area (Å²) in [6.45, 7) is 6.84. The monoisotopic (exact) mass is 466 g/mol. The first kappa shape index (κ1) is 23.6. The second-order valence-electron chi connectivity index (χ2n) is 5.08. The van der Waals surface area contributed by atoms with Crippen LogP contribution in [0.5, 0.6) is 0 Å². The van der Waals surface area contributed by atoms with E-state index in [-0.39, 0.29) is 36.4 Å². The van der Waals surface area contributed by atoms with Crippen LogP contribution >= 0.6 is 24.0 Å². The number of hydrogen-bond donors (Lipinski definition) is 3. The van der Waals surface area contributed by atoms with Crippen LogP contribution in [0.4, 0.5) is 10.1 Å². The minimum atomic E-state index is -0.390. The third-order valence-electron chi connectivity index (χ3n) is 3.05. The summed E-state index contributed by atoms with van der Waals surface area (Å²) in [4.78, 5) is 16.1. The van der Waals surface area contributed by atoms with Gasteiger partial charge in [-0.3, -0.25) is 4.79 Å². The Morgan fingerprint density at radius 2 is 2.04 bits per heavy atom. The van der Waals surface area contributed by atoms with Crippen LogP contribution < -0.4 is 16.0 Å². The van der Waals surface area contributed by atoms with Gasteiger partial charge in [-0.25, -0.2) is 9.38 Å². The maximum atomic E-state index is 13.1. The average molecular weight is 466 g/mol. The van der Waals surface area contributed by atoms with Crippen LogP contribution in [0.3, 0.4) is 0 Å². The lowest BCUT2D eigenvalue weighted by Gasteiger charge is -2.11. The second-order valence-corrected chi connectivity index (χ2v) is 5.08. The van der Waals surface area contributed by atoms with E-state index in [9.17, 15) is 9.18 Å². The Labute approximate surface area is 166 Å². The zero-order valence-electron chi connectivity index (χ0n) is 14.8. The second kappa shape index (κ2) is 14.9. The lowest BCUT2D eigenvalue weighted by Crippen LogP contribution is -2.38. The van der Waals surface area contributed by atoms with Gasteiger partial charge in [0.05, 0.1) is 0 Å². The van der Waals surface area contributed by atoms with Gasteiger partial charge in [-0.05, 0) is 44.9 Å². The molecule has 0 aromatic heterocycles. The van der Waals surface area contributed by atoms with Crippen LogP contribution in [0, 0.1) is 5.82 Å². The fraction of sp³-hybridized carbons (Fsp3) is 0.529. The Balaban J connectivity index is 0.00000576. The van der Waals surface area contributed by atoms with Gasteiger partial charge in [-0.1, -0.05) is 6.07 Å². The van der Waals surface area contributed by atoms with Gasteiger partial charge in [-0.15, -0.1) is 24.0 Å². The van der Waals surface area contributed by atoms with Gasteiger partial charge in [0.15, 0.2) is 5.96 Å². The SMILES string of the molecule is CCNC(=NCC(=O)Nc1cccc(F)c1)NCCCCOCC.I. The first-order valence-electron chi connectivity index (χ1n) is 8.31. The summed E-state index contributed by atoms with van der Waals surface area (Å²) in [6.07, 6.45) is 1.93. The van der Waals surface area contributed by atoms with Gasteiger partial charge < -0.3 is 20.7 Å². The maximum absolute atomic E-state index is 13.1. The lowest BCUT2D eigenvalue weighted by molar-refractivity contribution is -0.114. The Morgan fingerprint density at radius 3 is 2.72 bits per heavy atom. The molecule has 0 saturated carbocycles. The number of ether oxygens (including phenoxy) is 1. The number of halogens is 2. The summed E-state index contributed by atoms with van der Waals surface area (Å²) >= 11 is 0. The summed E-state index contributed by atoms with van der Waals surface area (Å²) in [5, 5.41) is 8.86. The van der Waals surface area contributed by atoms with Gasteiger partial charge in [0.25, 0.3) is 0 Å². The van der Waals surface area contributed by atoms with Crippen LogP contribution in [-0.4, -0.2) is 44.7 Å². The molecule has 142 valence electrons. The summed E-state index contributed by atoms with van der Waals surface area (Å²) in [7, 11) is 0. The van der Waals surface area contributed by atoms with E-state index in [1.165, 1.54) is 12.1 Å². The molecule has 1 aromatic carbocycles. The van der Waals surface area contributed by atoms with Crippen molar-refractivity contribution in [2.75, 3.05) is 38.2 Å². The highest BCUT2D eigenvalue weighted by atomic mass is 127. The quantitative estimate of drug-likeness (QED) is 0.215. The first-order chi connectivity index (χ1) is 11.7. The van der Waals surface area contributed by atoms with Crippen LogP contribution in [0.2, 0.25) is 0 Å². The van der Waals surface area contributed by atoms with E-state index in [0.717, 1.165) is 32.6 Å². The minimum absolute atomic E-state index is 0. The summed E-state index contributed by atoms with van der Waals surface area (Å²) in [6, 6.07) is 5.77. The molecule has 0 bridgehead atoms. The first-order valence-corrected chi connectivity index (χ1v) is 8.31. The molecule has 8 heteroatoms. The van der Waals surface area contributed by atoms with E-state index in [0.29, 0.717) is 18.2 Å². The minimum Gasteiger partial charge on any atom is -0.382 e. The van der Waals surface area contributed by atoms with Gasteiger partial charge in [0.1, 0.15) is 12.4 Å². The van der Waals surface area contributed by atoms with Gasteiger partial charge >= 0.3 is 0 Å². The number of carbonyl (C=O) groups is 1. The average Bonchev–Trinajstić information content (AvgIpc) is 2.55. The van der Waals surface area contributed by atoms with Gasteiger partial charge in [0.2, 0.25) is 5.91 Å². The molecule has 0 aliphatic heterocycles. The van der Waals surface area contributed by atoms with Crippen molar-refractivity contribution < 1.29 is 13.9 Å². The molecule has 0 aliphatic rings. The van der Waals surface area contributed by atoms with Crippen molar-refractivity contribution >= 4 is 41.5 Å². The zero-order chi connectivity index (χ0) is 17.6. The molecule has 25 heavy (non-hydrogen) atoms. The maximum Gasteiger partial charge on any atom is 0.246 e. The van der Waals surface area contributed by atoms with E-state index in [2.05, 4.69) is 20.9 Å². The third-order valence-corrected chi connectivity index (χ3v) is 3.05. The third kappa shape index (κ3) is 11.7. The summed E-state index contributed by atoms with van der Waals surface area (Å²) in [5.74, 6) is -0.101. The topological polar surface area (TPSA) is 74.8 Å². The molecule has 0 saturated heterocycles. The lowest BCUT2D eigenvalue weighted by atomic mass is 10.3. The molecule has 1 amide bonds. The number of nitrogens with zero attached hydrogens (tertiary/aromatic N) is 1. The highest BCUT2D eigenvalue weighted by molar-refractivity contribution is 14.0. The molecule has 1 aromatic rings. The molecule has 0 heterocycles. The van der Waals surface area contributed by atoms with E-state index >= 15 is 0 Å². The van der Waals surface area contributed by atoms with Crippen molar-refractivity contribution in [3.63, 3.8) is 0 Å². The largest absolute Gasteiger partial charge is 0.382 e. The zero-order valence-corrected chi connectivity index (χ0v) is 17.1. The Hall–Kier alpha value is -1.42. The van der Waals surface area contributed by atoms with Crippen molar-refractivity contribution in [3.8, 4) is 0 Å². The molecule has 1 rings (SSSR count). The molecular formula is C17H28FIN4O2. The summed E-state index contributed by atoms with van der Waals surface area (Å²) in [5.41, 5.74) is 0.420. The Morgan fingerprint density at radius 1 is 1.24 bits per heavy atom. The molecule has 0 unspecified atom stereocenters. The number of aliphatic imine (C=N–C) groups is 1. The predicted octanol–water partition coefficient (Wildman–Crippen LogP) is 2.75. The van der Waals surface area contributed by atoms with Crippen molar-refractivity contribution in [2.45, 2.75) is 26.7 Å². The van der Waals surface area contributed by atoms with Crippen LogP contribution in [0.15, 0.2) is 29.3 Å². The van der Waals surface area contributed by atoms with Crippen LogP contribution in [-0.2, 0) is 9.53 Å². The number of guanidine groups is 1. The number of benzene rings is 1. The van der Waals surface area contributed by atoms with Crippen LogP contribution in [0.25, 0.3) is 0 Å². The molecule has 3 N–H and O–H groups in total. The molecule has 0 spiro atoms. The fourth-order valence-electron chi connectivity index (χ4n) is 1.94. The number of anilines is 1. The van der Waals surface area contributed by atoms with E-state index in [1.807, 2.05) is 13.8 Å². The van der Waals surface area contributed by atoms with E-state index < -0.39 is 5.82 Å². The van der Waals surface area contributed by atoms with Crippen molar-refractivity contribution in [2.24, 2.45) is 4.99 Å². The molecular weight excluding hydrogens is 438 g/mol. The number of nitrogens with one attached hydrogen (secondary N) is 3. The highest BCUT2D eigenvalue weighted by Gasteiger charge is 2.03. The number of hydrogen-bond acceptors (Lipinski definition) is 3. The standard InChI is InChI=1S/C17H27FN4O2.HI/c1-3-19-17(20-10-5-6-11-24-4-2)21-13-16(23)22-15-9-7-8-14(18)12-15;/h7-9,12H,3-6,10-11,13H2,1-2H3,(H,22,23)(H2,19,20,21);1H. The fourth-order valence-corrected chi connectivity index (χ4v) is 1.94. The molecule has 0 fully saturated rings. The molecule has 6 nitrogen and oxygen atoms in total. The normalized spacial score (nSPS) is 10.8. The van der Waals surface area contributed by atoms with Crippen molar-refractivity contribution in [1.82, 2.24) is 10.6 Å². The smallest absolute Gasteiger partial charge is 0.246 e. The molecule has 0 aliphatic carbocycles. The molecule has 0 radical (unpaired) electrons. The molecule has 0 atom stereocenters. The number of rotatable bonds is 10. The highest BCUT2D eigenvalue weighted by Crippen LogP contribution is 2.08. The van der Waals surface area contributed by atoms with Crippen LogP contribution in [0.1, 0.15) is 26.7 Å². The predicted molar refractivity (Wildman–Crippen MR) is 110 cm³/mol. The van der Waals surface area contributed by atoms with Crippen molar-refractivity contribution in [1.29, 1.82) is 0 Å². The summed E-state index contributed by atoms with van der Waals surface area (Å²) < 4.78 is 18.4. The number of amides is 1. The van der Waals surface area contributed by atoms with Gasteiger partial charge in [-0.2, -0.15) is 0 Å².